The van der Waals surface area contributed by atoms with Gasteiger partial charge in [0.2, 0.25) is 0 Å². The molecule has 132 valence electrons. The van der Waals surface area contributed by atoms with Gasteiger partial charge in [-0.25, -0.2) is 4.79 Å². The highest BCUT2D eigenvalue weighted by Crippen LogP contribution is 2.49. The number of benzene rings is 2. The van der Waals surface area contributed by atoms with Crippen molar-refractivity contribution < 1.29 is 9.90 Å². The van der Waals surface area contributed by atoms with Crippen molar-refractivity contribution in [1.82, 2.24) is 0 Å². The predicted octanol–water partition coefficient (Wildman–Crippen LogP) is 6.69. The van der Waals surface area contributed by atoms with Crippen molar-refractivity contribution in [1.29, 1.82) is 0 Å². The Balaban J connectivity index is 1.90. The lowest BCUT2D eigenvalue weighted by atomic mass is 9.77. The normalized spacial score (nSPS) is 21.3. The van der Waals surface area contributed by atoms with Crippen LogP contribution in [0.1, 0.15) is 65.1 Å². The first-order valence-electron chi connectivity index (χ1n) is 8.67. The van der Waals surface area contributed by atoms with Crippen LogP contribution in [0.2, 0.25) is 10.0 Å². The van der Waals surface area contributed by atoms with Crippen molar-refractivity contribution in [3.05, 3.63) is 68.7 Å². The molecule has 1 saturated carbocycles. The topological polar surface area (TPSA) is 37.3 Å². The number of hydrogen-bond donors (Lipinski definition) is 1. The van der Waals surface area contributed by atoms with E-state index in [4.69, 9.17) is 28.3 Å². The van der Waals surface area contributed by atoms with E-state index in [1.807, 2.05) is 24.3 Å². The molecular weight excluding hydrogens is 355 g/mol. The van der Waals surface area contributed by atoms with Crippen LogP contribution in [0.5, 0.6) is 0 Å². The Hall–Kier alpha value is -1.51. The van der Waals surface area contributed by atoms with Gasteiger partial charge in [0.15, 0.2) is 0 Å². The van der Waals surface area contributed by atoms with Crippen LogP contribution in [-0.4, -0.2) is 11.1 Å². The summed E-state index contributed by atoms with van der Waals surface area (Å²) in [5, 5.41) is 10.5. The van der Waals surface area contributed by atoms with Gasteiger partial charge in [0.25, 0.3) is 0 Å². The second kappa shape index (κ2) is 7.39. The lowest BCUT2D eigenvalue weighted by molar-refractivity contribution is 0.0697. The Morgan fingerprint density at radius 1 is 1.16 bits per heavy atom. The van der Waals surface area contributed by atoms with Crippen LogP contribution in [-0.2, 0) is 0 Å². The van der Waals surface area contributed by atoms with E-state index < -0.39 is 5.97 Å². The van der Waals surface area contributed by atoms with Crippen LogP contribution >= 0.6 is 23.2 Å². The molecule has 0 radical (unpaired) electrons. The minimum Gasteiger partial charge on any atom is -0.478 e. The van der Waals surface area contributed by atoms with Gasteiger partial charge in [-0.1, -0.05) is 48.7 Å². The zero-order chi connectivity index (χ0) is 18.1. The van der Waals surface area contributed by atoms with Gasteiger partial charge in [0.1, 0.15) is 0 Å². The molecule has 3 unspecified atom stereocenters. The molecule has 1 N–H and O–H groups in total. The van der Waals surface area contributed by atoms with Crippen molar-refractivity contribution in [2.75, 3.05) is 0 Å². The van der Waals surface area contributed by atoms with Crippen LogP contribution in [0.15, 0.2) is 36.4 Å². The average molecular weight is 377 g/mol. The first-order valence-corrected chi connectivity index (χ1v) is 9.43. The Morgan fingerprint density at radius 2 is 1.84 bits per heavy atom. The molecule has 3 atom stereocenters. The molecule has 2 aromatic carbocycles. The van der Waals surface area contributed by atoms with Crippen LogP contribution in [0, 0.1) is 12.8 Å². The van der Waals surface area contributed by atoms with Gasteiger partial charge in [-0.3, -0.25) is 0 Å². The first-order chi connectivity index (χ1) is 11.9. The van der Waals surface area contributed by atoms with E-state index in [1.54, 1.807) is 12.1 Å². The minimum atomic E-state index is -0.887. The zero-order valence-electron chi connectivity index (χ0n) is 14.4. The molecule has 4 heteroatoms. The monoisotopic (exact) mass is 376 g/mol. The Morgan fingerprint density at radius 3 is 2.44 bits per heavy atom. The summed E-state index contributed by atoms with van der Waals surface area (Å²) < 4.78 is 0. The highest BCUT2D eigenvalue weighted by molar-refractivity contribution is 6.35. The molecule has 25 heavy (non-hydrogen) atoms. The van der Waals surface area contributed by atoms with Crippen LogP contribution in [0.4, 0.5) is 0 Å². The van der Waals surface area contributed by atoms with Gasteiger partial charge in [-0.05, 0) is 78.5 Å². The molecule has 3 rings (SSSR count). The first kappa shape index (κ1) is 18.3. The van der Waals surface area contributed by atoms with E-state index in [0.29, 0.717) is 28.3 Å². The van der Waals surface area contributed by atoms with Crippen LogP contribution < -0.4 is 0 Å². The molecule has 0 heterocycles. The summed E-state index contributed by atoms with van der Waals surface area (Å²) in [5.41, 5.74) is 3.89. The maximum absolute atomic E-state index is 11.1. The Bertz CT molecular complexity index is 760. The van der Waals surface area contributed by atoms with Crippen molar-refractivity contribution in [2.45, 2.75) is 44.9 Å². The molecule has 0 spiro atoms. The summed E-state index contributed by atoms with van der Waals surface area (Å²) in [7, 11) is 0. The number of hydrogen-bond acceptors (Lipinski definition) is 1. The second-order valence-electron chi connectivity index (χ2n) is 7.04. The number of rotatable bonds is 4. The lowest BCUT2D eigenvalue weighted by Crippen LogP contribution is -2.15. The third-order valence-corrected chi connectivity index (χ3v) is 6.10. The van der Waals surface area contributed by atoms with Gasteiger partial charge in [0, 0.05) is 10.0 Å². The summed E-state index contributed by atoms with van der Waals surface area (Å²) in [4.78, 5) is 11.1. The molecule has 1 aliphatic rings. The predicted molar refractivity (Wildman–Crippen MR) is 103 cm³/mol. The third kappa shape index (κ3) is 3.70. The highest BCUT2D eigenvalue weighted by atomic mass is 35.5. The molecule has 2 nitrogen and oxygen atoms in total. The van der Waals surface area contributed by atoms with Gasteiger partial charge in [-0.15, -0.1) is 0 Å². The quantitative estimate of drug-likeness (QED) is 0.645. The fourth-order valence-corrected chi connectivity index (χ4v) is 5.04. The molecule has 0 saturated heterocycles. The van der Waals surface area contributed by atoms with Crippen LogP contribution in [0.25, 0.3) is 0 Å². The van der Waals surface area contributed by atoms with Crippen molar-refractivity contribution >= 4 is 29.2 Å². The second-order valence-corrected chi connectivity index (χ2v) is 7.88. The van der Waals surface area contributed by atoms with Crippen molar-refractivity contribution in [3.63, 3.8) is 0 Å². The molecular formula is C21H22Cl2O2. The summed E-state index contributed by atoms with van der Waals surface area (Å²) in [6.45, 7) is 4.31. The number of aryl methyl sites for hydroxylation is 1. The van der Waals surface area contributed by atoms with Gasteiger partial charge in [-0.2, -0.15) is 0 Å². The molecule has 0 aromatic heterocycles. The van der Waals surface area contributed by atoms with E-state index in [9.17, 15) is 4.79 Å². The summed E-state index contributed by atoms with van der Waals surface area (Å²) >= 11 is 12.7. The Labute approximate surface area is 158 Å². The molecule has 1 fully saturated rings. The largest absolute Gasteiger partial charge is 0.478 e. The SMILES string of the molecule is Cc1cc(Cl)cc(Cl)c1C1CCCC1C(C)c1ccc(C(=O)O)cc1. The number of carbonyl (C=O) groups is 1. The average Bonchev–Trinajstić information content (AvgIpc) is 3.02. The van der Waals surface area contributed by atoms with Crippen molar-refractivity contribution in [2.24, 2.45) is 5.92 Å². The smallest absolute Gasteiger partial charge is 0.335 e. The van der Waals surface area contributed by atoms with Gasteiger partial charge in [0.05, 0.1) is 5.56 Å². The van der Waals surface area contributed by atoms with E-state index in [-0.39, 0.29) is 0 Å². The van der Waals surface area contributed by atoms with Crippen LogP contribution in [0.3, 0.4) is 0 Å². The maximum atomic E-state index is 11.1. The van der Waals surface area contributed by atoms with E-state index in [1.165, 1.54) is 17.5 Å². The number of aromatic carboxylic acids is 1. The number of carboxylic acid groups (broad SMARTS) is 1. The lowest BCUT2D eigenvalue weighted by Gasteiger charge is -2.28. The van der Waals surface area contributed by atoms with E-state index in [0.717, 1.165) is 23.4 Å². The molecule has 0 amide bonds. The molecule has 1 aliphatic carbocycles. The molecule has 0 aliphatic heterocycles. The van der Waals surface area contributed by atoms with Gasteiger partial charge >= 0.3 is 5.97 Å². The minimum absolute atomic E-state index is 0.329. The molecule has 2 aromatic rings. The highest BCUT2D eigenvalue weighted by Gasteiger charge is 2.35. The third-order valence-electron chi connectivity index (χ3n) is 5.57. The standard InChI is InChI=1S/C21H22Cl2O2/c1-12-10-16(22)11-19(23)20(12)18-5-3-4-17(18)13(2)14-6-8-15(9-7-14)21(24)25/h6-11,13,17-18H,3-5H2,1-2H3,(H,24,25). The Kier molecular flexibility index (Phi) is 5.41. The van der Waals surface area contributed by atoms with Crippen molar-refractivity contribution in [3.8, 4) is 0 Å². The molecule has 0 bridgehead atoms. The number of carboxylic acids is 1. The fraction of sp³-hybridized carbons (Fsp3) is 0.381. The number of halogens is 2. The summed E-state index contributed by atoms with van der Waals surface area (Å²) in [5.74, 6) is 0.370. The van der Waals surface area contributed by atoms with Gasteiger partial charge < -0.3 is 5.11 Å². The van der Waals surface area contributed by atoms with E-state index in [2.05, 4.69) is 13.8 Å². The maximum Gasteiger partial charge on any atom is 0.335 e. The summed E-state index contributed by atoms with van der Waals surface area (Å²) in [6.07, 6.45) is 3.47. The summed E-state index contributed by atoms with van der Waals surface area (Å²) in [6, 6.07) is 11.1. The van der Waals surface area contributed by atoms with E-state index >= 15 is 0 Å². The fourth-order valence-electron chi connectivity index (χ4n) is 4.31. The zero-order valence-corrected chi connectivity index (χ0v) is 15.9.